The van der Waals surface area contributed by atoms with Crippen molar-refractivity contribution in [1.29, 1.82) is 0 Å². The molecule has 7 heteroatoms. The number of hydrogen-bond donors (Lipinski definition) is 1. The minimum absolute atomic E-state index is 0.168. The highest BCUT2D eigenvalue weighted by molar-refractivity contribution is 5.74. The van der Waals surface area contributed by atoms with Gasteiger partial charge >= 0.3 is 0 Å². The van der Waals surface area contributed by atoms with Crippen LogP contribution < -0.4 is 10.5 Å². The van der Waals surface area contributed by atoms with Gasteiger partial charge in [-0.1, -0.05) is 30.3 Å². The maximum Gasteiger partial charge on any atom is 0.263 e. The van der Waals surface area contributed by atoms with E-state index in [1.165, 1.54) is 0 Å². The molecule has 3 heterocycles. The van der Waals surface area contributed by atoms with Crippen molar-refractivity contribution < 1.29 is 4.74 Å². The molecular weight excluding hydrogens is 342 g/mol. The van der Waals surface area contributed by atoms with Crippen molar-refractivity contribution in [3.63, 3.8) is 0 Å². The summed E-state index contributed by atoms with van der Waals surface area (Å²) in [6, 6.07) is 10.1. The number of fused-ring (bicyclic) bond motifs is 1. The Hall–Kier alpha value is -2.67. The number of hydrogen-bond acceptors (Lipinski definition) is 5. The summed E-state index contributed by atoms with van der Waals surface area (Å²) < 4.78 is 7.91. The first-order chi connectivity index (χ1) is 12.8. The van der Waals surface area contributed by atoms with Gasteiger partial charge in [0.2, 0.25) is 5.95 Å². The summed E-state index contributed by atoms with van der Waals surface area (Å²) in [4.78, 5) is 22.4. The van der Waals surface area contributed by atoms with Crippen molar-refractivity contribution in [1.82, 2.24) is 19.7 Å². The fourth-order valence-electron chi connectivity index (χ4n) is 3.56. The van der Waals surface area contributed by atoms with Gasteiger partial charge in [-0.2, -0.15) is 10.1 Å². The smallest absolute Gasteiger partial charge is 0.263 e. The minimum Gasteiger partial charge on any atom is -0.367 e. The van der Waals surface area contributed by atoms with Crippen molar-refractivity contribution in [2.24, 2.45) is 0 Å². The van der Waals surface area contributed by atoms with Crippen molar-refractivity contribution in [2.75, 3.05) is 24.6 Å². The van der Waals surface area contributed by atoms with Gasteiger partial charge in [0.15, 0.2) is 5.65 Å². The van der Waals surface area contributed by atoms with Gasteiger partial charge in [-0.3, -0.25) is 9.78 Å². The van der Waals surface area contributed by atoms with Crippen LogP contribution in [0.5, 0.6) is 0 Å². The Kier molecular flexibility index (Phi) is 4.07. The van der Waals surface area contributed by atoms with E-state index in [4.69, 9.17) is 9.72 Å². The summed E-state index contributed by atoms with van der Waals surface area (Å²) >= 11 is 0. The Bertz CT molecular complexity index is 1020. The van der Waals surface area contributed by atoms with Gasteiger partial charge in [0.05, 0.1) is 24.9 Å². The van der Waals surface area contributed by atoms with Gasteiger partial charge in [0, 0.05) is 6.54 Å². The summed E-state index contributed by atoms with van der Waals surface area (Å²) in [5.74, 6) is 0.559. The lowest BCUT2D eigenvalue weighted by atomic mass is 9.94. The molecule has 0 spiro atoms. The molecule has 2 aromatic heterocycles. The molecule has 1 fully saturated rings. The van der Waals surface area contributed by atoms with E-state index >= 15 is 0 Å². The van der Waals surface area contributed by atoms with Crippen molar-refractivity contribution in [2.45, 2.75) is 38.8 Å². The third-order valence-corrected chi connectivity index (χ3v) is 5.02. The molecule has 1 unspecified atom stereocenters. The zero-order valence-electron chi connectivity index (χ0n) is 16.2. The van der Waals surface area contributed by atoms with Crippen LogP contribution in [-0.2, 0) is 15.9 Å². The molecule has 0 saturated carbocycles. The molecule has 3 aromatic rings. The van der Waals surface area contributed by atoms with Crippen LogP contribution in [0.4, 0.5) is 5.95 Å². The maximum atomic E-state index is 12.6. The van der Waals surface area contributed by atoms with Crippen molar-refractivity contribution in [3.05, 3.63) is 52.4 Å². The van der Waals surface area contributed by atoms with Gasteiger partial charge in [0.25, 0.3) is 5.56 Å². The first-order valence-corrected chi connectivity index (χ1v) is 9.21. The SMILES string of the molecule is CC1(c2ccccc2)CN(c2nc3c(cnn3C(C)(C)C)c(=O)[nH]2)CCO1. The summed E-state index contributed by atoms with van der Waals surface area (Å²) in [6.45, 7) is 10.0. The molecule has 1 N–H and O–H groups in total. The van der Waals surface area contributed by atoms with Crippen LogP contribution in [0.3, 0.4) is 0 Å². The lowest BCUT2D eigenvalue weighted by Crippen LogP contribution is -2.49. The van der Waals surface area contributed by atoms with Crippen LogP contribution in [-0.4, -0.2) is 39.4 Å². The highest BCUT2D eigenvalue weighted by Crippen LogP contribution is 2.31. The second-order valence-corrected chi connectivity index (χ2v) is 8.22. The monoisotopic (exact) mass is 367 g/mol. The lowest BCUT2D eigenvalue weighted by molar-refractivity contribution is -0.0470. The molecule has 0 aliphatic carbocycles. The molecule has 4 rings (SSSR count). The fraction of sp³-hybridized carbons (Fsp3) is 0.450. The molecule has 1 atom stereocenters. The van der Waals surface area contributed by atoms with E-state index < -0.39 is 5.60 Å². The molecule has 1 aromatic carbocycles. The van der Waals surface area contributed by atoms with Gasteiger partial charge in [-0.05, 0) is 33.3 Å². The highest BCUT2D eigenvalue weighted by Gasteiger charge is 2.35. The first kappa shape index (κ1) is 17.7. The number of morpholine rings is 1. The lowest BCUT2D eigenvalue weighted by Gasteiger charge is -2.41. The zero-order chi connectivity index (χ0) is 19.2. The Morgan fingerprint density at radius 2 is 1.96 bits per heavy atom. The molecule has 142 valence electrons. The number of aromatic amines is 1. The number of ether oxygens (including phenoxy) is 1. The number of H-pyrrole nitrogens is 1. The van der Waals surface area contributed by atoms with Crippen LogP contribution in [0.15, 0.2) is 41.3 Å². The normalized spacial score (nSPS) is 21.0. The molecule has 1 saturated heterocycles. The van der Waals surface area contributed by atoms with Gasteiger partial charge < -0.3 is 9.64 Å². The number of benzene rings is 1. The largest absolute Gasteiger partial charge is 0.367 e. The third-order valence-electron chi connectivity index (χ3n) is 5.02. The average Bonchev–Trinajstić information content (AvgIpc) is 3.07. The van der Waals surface area contributed by atoms with E-state index in [1.54, 1.807) is 10.9 Å². The van der Waals surface area contributed by atoms with Crippen LogP contribution >= 0.6 is 0 Å². The Morgan fingerprint density at radius 1 is 1.22 bits per heavy atom. The fourth-order valence-corrected chi connectivity index (χ4v) is 3.56. The summed E-state index contributed by atoms with van der Waals surface area (Å²) in [6.07, 6.45) is 1.59. The number of rotatable bonds is 2. The highest BCUT2D eigenvalue weighted by atomic mass is 16.5. The Morgan fingerprint density at radius 3 is 2.67 bits per heavy atom. The molecule has 27 heavy (non-hydrogen) atoms. The summed E-state index contributed by atoms with van der Waals surface area (Å²) in [5.41, 5.74) is 0.825. The standard InChI is InChI=1S/C20H25N5O2/c1-19(2,3)25-16-15(12-21-25)17(26)23-18(22-16)24-10-11-27-20(4,13-24)14-8-6-5-7-9-14/h5-9,12H,10-11,13H2,1-4H3,(H,22,23,26). The minimum atomic E-state index is -0.461. The number of nitrogens with one attached hydrogen (secondary N) is 1. The maximum absolute atomic E-state index is 12.6. The second kappa shape index (κ2) is 6.20. The second-order valence-electron chi connectivity index (χ2n) is 8.22. The molecule has 0 radical (unpaired) electrons. The number of anilines is 1. The quantitative estimate of drug-likeness (QED) is 0.753. The van der Waals surface area contributed by atoms with E-state index in [2.05, 4.69) is 34.0 Å². The molecular formula is C20H25N5O2. The number of nitrogens with zero attached hydrogens (tertiary/aromatic N) is 4. The predicted molar refractivity (Wildman–Crippen MR) is 105 cm³/mol. The van der Waals surface area contributed by atoms with E-state index in [0.29, 0.717) is 36.7 Å². The summed E-state index contributed by atoms with van der Waals surface area (Å²) in [7, 11) is 0. The Balaban J connectivity index is 1.75. The van der Waals surface area contributed by atoms with Crippen LogP contribution in [0.1, 0.15) is 33.3 Å². The van der Waals surface area contributed by atoms with Crippen molar-refractivity contribution in [3.8, 4) is 0 Å². The average molecular weight is 367 g/mol. The van der Waals surface area contributed by atoms with Crippen LogP contribution in [0.25, 0.3) is 11.0 Å². The van der Waals surface area contributed by atoms with Gasteiger partial charge in [-0.25, -0.2) is 4.68 Å². The van der Waals surface area contributed by atoms with Crippen LogP contribution in [0, 0.1) is 0 Å². The first-order valence-electron chi connectivity index (χ1n) is 9.21. The van der Waals surface area contributed by atoms with Crippen LogP contribution in [0.2, 0.25) is 0 Å². The van der Waals surface area contributed by atoms with E-state index in [9.17, 15) is 4.79 Å². The summed E-state index contributed by atoms with van der Waals surface area (Å²) in [5, 5.41) is 4.89. The number of aromatic nitrogens is 4. The Labute approximate surface area is 158 Å². The molecule has 1 aliphatic heterocycles. The molecule has 1 aliphatic rings. The van der Waals surface area contributed by atoms with E-state index in [-0.39, 0.29) is 11.1 Å². The van der Waals surface area contributed by atoms with Gasteiger partial charge in [-0.15, -0.1) is 0 Å². The zero-order valence-corrected chi connectivity index (χ0v) is 16.2. The topological polar surface area (TPSA) is 76.0 Å². The molecule has 0 bridgehead atoms. The van der Waals surface area contributed by atoms with E-state index in [0.717, 1.165) is 5.56 Å². The van der Waals surface area contributed by atoms with Crippen molar-refractivity contribution >= 4 is 17.0 Å². The van der Waals surface area contributed by atoms with E-state index in [1.807, 2.05) is 39.0 Å². The van der Waals surface area contributed by atoms with Gasteiger partial charge in [0.1, 0.15) is 11.0 Å². The molecule has 0 amide bonds. The predicted octanol–water partition coefficient (Wildman–Crippen LogP) is 2.63. The molecule has 7 nitrogen and oxygen atoms in total. The third kappa shape index (κ3) is 3.12.